The lowest BCUT2D eigenvalue weighted by Crippen LogP contribution is -2.10. The van der Waals surface area contributed by atoms with E-state index in [1.54, 1.807) is 10.9 Å². The van der Waals surface area contributed by atoms with Gasteiger partial charge >= 0.3 is 0 Å². The molecule has 0 aliphatic rings. The highest BCUT2D eigenvalue weighted by molar-refractivity contribution is 5.54. The summed E-state index contributed by atoms with van der Waals surface area (Å²) in [6.45, 7) is 0. The normalized spacial score (nSPS) is 11.1. The third kappa shape index (κ3) is 2.96. The standard InChI is InChI=1S/C18H19N7/c1-23-15(10-12-19-23)8-9-16-21-18(14-6-4-3-5-7-14)22-25(16)17-11-13-20-24(17)2/h3-7,10-13H,8-9H2,1-2H3. The van der Waals surface area contributed by atoms with Crippen LogP contribution in [0, 0.1) is 0 Å². The fraction of sp³-hybridized carbons (Fsp3) is 0.222. The van der Waals surface area contributed by atoms with Crippen LogP contribution in [0.4, 0.5) is 0 Å². The third-order valence-corrected chi connectivity index (χ3v) is 4.25. The second kappa shape index (κ2) is 6.35. The summed E-state index contributed by atoms with van der Waals surface area (Å²) in [6, 6.07) is 14.0. The van der Waals surface area contributed by atoms with Crippen LogP contribution in [-0.4, -0.2) is 34.3 Å². The van der Waals surface area contributed by atoms with E-state index in [2.05, 4.69) is 10.2 Å². The maximum absolute atomic E-state index is 4.79. The van der Waals surface area contributed by atoms with E-state index in [1.807, 2.05) is 72.1 Å². The second-order valence-electron chi connectivity index (χ2n) is 5.89. The Morgan fingerprint density at radius 1 is 0.840 bits per heavy atom. The van der Waals surface area contributed by atoms with Gasteiger partial charge in [0.05, 0.1) is 6.20 Å². The zero-order chi connectivity index (χ0) is 17.2. The van der Waals surface area contributed by atoms with Gasteiger partial charge in [-0.3, -0.25) is 9.36 Å². The van der Waals surface area contributed by atoms with Gasteiger partial charge in [0.15, 0.2) is 11.6 Å². The summed E-state index contributed by atoms with van der Waals surface area (Å²) < 4.78 is 5.58. The molecule has 0 saturated heterocycles. The largest absolute Gasteiger partial charge is 0.273 e. The van der Waals surface area contributed by atoms with E-state index in [1.165, 1.54) is 5.69 Å². The molecule has 0 N–H and O–H groups in total. The van der Waals surface area contributed by atoms with E-state index >= 15 is 0 Å². The molecule has 0 radical (unpaired) electrons. The van der Waals surface area contributed by atoms with Crippen molar-refractivity contribution in [2.45, 2.75) is 12.8 Å². The summed E-state index contributed by atoms with van der Waals surface area (Å²) in [6.07, 6.45) is 5.20. The summed E-state index contributed by atoms with van der Waals surface area (Å²) in [4.78, 5) is 4.79. The van der Waals surface area contributed by atoms with Crippen molar-refractivity contribution < 1.29 is 0 Å². The molecule has 0 fully saturated rings. The molecule has 0 bridgehead atoms. The Labute approximate surface area is 145 Å². The maximum atomic E-state index is 4.79. The zero-order valence-corrected chi connectivity index (χ0v) is 14.2. The predicted octanol–water partition coefficient (Wildman–Crippen LogP) is 2.19. The van der Waals surface area contributed by atoms with Crippen molar-refractivity contribution in [3.8, 4) is 17.2 Å². The molecule has 0 aliphatic carbocycles. The highest BCUT2D eigenvalue weighted by Crippen LogP contribution is 2.19. The number of hydrogen-bond donors (Lipinski definition) is 0. The predicted molar refractivity (Wildman–Crippen MR) is 94.2 cm³/mol. The molecule has 126 valence electrons. The lowest BCUT2D eigenvalue weighted by Gasteiger charge is -2.06. The van der Waals surface area contributed by atoms with Crippen LogP contribution in [0.5, 0.6) is 0 Å². The summed E-state index contributed by atoms with van der Waals surface area (Å²) >= 11 is 0. The van der Waals surface area contributed by atoms with Gasteiger partial charge in [-0.1, -0.05) is 30.3 Å². The molecule has 0 unspecified atom stereocenters. The Bertz CT molecular complexity index is 978. The van der Waals surface area contributed by atoms with Gasteiger partial charge in [-0.2, -0.15) is 14.9 Å². The zero-order valence-electron chi connectivity index (χ0n) is 14.2. The highest BCUT2D eigenvalue weighted by Gasteiger charge is 2.15. The summed E-state index contributed by atoms with van der Waals surface area (Å²) in [5, 5.41) is 13.2. The summed E-state index contributed by atoms with van der Waals surface area (Å²) in [7, 11) is 3.86. The number of nitrogens with zero attached hydrogens (tertiary/aromatic N) is 7. The van der Waals surface area contributed by atoms with E-state index in [0.717, 1.165) is 35.9 Å². The monoisotopic (exact) mass is 333 g/mol. The second-order valence-corrected chi connectivity index (χ2v) is 5.89. The van der Waals surface area contributed by atoms with Crippen LogP contribution in [0.3, 0.4) is 0 Å². The van der Waals surface area contributed by atoms with Crippen molar-refractivity contribution in [1.82, 2.24) is 34.3 Å². The van der Waals surface area contributed by atoms with Crippen molar-refractivity contribution in [3.63, 3.8) is 0 Å². The molecule has 3 heterocycles. The van der Waals surface area contributed by atoms with E-state index in [4.69, 9.17) is 10.1 Å². The minimum Gasteiger partial charge on any atom is -0.273 e. The van der Waals surface area contributed by atoms with Gasteiger partial charge in [-0.05, 0) is 12.5 Å². The molecular formula is C18H19N7. The SMILES string of the molecule is Cn1nccc1CCc1nc(-c2ccccc2)nn1-c1ccnn1C. The lowest BCUT2D eigenvalue weighted by atomic mass is 10.2. The van der Waals surface area contributed by atoms with Crippen molar-refractivity contribution >= 4 is 0 Å². The molecule has 0 atom stereocenters. The van der Waals surface area contributed by atoms with Crippen LogP contribution >= 0.6 is 0 Å². The van der Waals surface area contributed by atoms with Crippen LogP contribution in [-0.2, 0) is 26.9 Å². The topological polar surface area (TPSA) is 66.3 Å². The first-order valence-electron chi connectivity index (χ1n) is 8.19. The first-order chi connectivity index (χ1) is 12.2. The number of hydrogen-bond acceptors (Lipinski definition) is 4. The van der Waals surface area contributed by atoms with Crippen LogP contribution in [0.25, 0.3) is 17.2 Å². The number of benzene rings is 1. The van der Waals surface area contributed by atoms with Gasteiger partial charge in [0.1, 0.15) is 5.82 Å². The number of aryl methyl sites for hydroxylation is 4. The minimum absolute atomic E-state index is 0.724. The van der Waals surface area contributed by atoms with Crippen LogP contribution in [0.2, 0.25) is 0 Å². The van der Waals surface area contributed by atoms with Gasteiger partial charge < -0.3 is 0 Å². The van der Waals surface area contributed by atoms with Crippen molar-refractivity contribution in [3.05, 3.63) is 66.4 Å². The molecule has 7 nitrogen and oxygen atoms in total. The van der Waals surface area contributed by atoms with Gasteiger partial charge in [0, 0.05) is 44.0 Å². The Hall–Kier alpha value is -3.22. The first-order valence-corrected chi connectivity index (χ1v) is 8.19. The van der Waals surface area contributed by atoms with Crippen molar-refractivity contribution in [2.24, 2.45) is 14.1 Å². The molecule has 0 amide bonds. The van der Waals surface area contributed by atoms with Gasteiger partial charge in [-0.25, -0.2) is 4.98 Å². The van der Waals surface area contributed by atoms with Gasteiger partial charge in [0.25, 0.3) is 0 Å². The molecule has 4 aromatic rings. The molecule has 7 heteroatoms. The lowest BCUT2D eigenvalue weighted by molar-refractivity contribution is 0.656. The van der Waals surface area contributed by atoms with E-state index in [-0.39, 0.29) is 0 Å². The summed E-state index contributed by atoms with van der Waals surface area (Å²) in [5.41, 5.74) is 2.17. The van der Waals surface area contributed by atoms with E-state index in [0.29, 0.717) is 0 Å². The number of rotatable bonds is 5. The van der Waals surface area contributed by atoms with Crippen molar-refractivity contribution in [1.29, 1.82) is 0 Å². The van der Waals surface area contributed by atoms with Crippen molar-refractivity contribution in [2.75, 3.05) is 0 Å². The van der Waals surface area contributed by atoms with E-state index in [9.17, 15) is 0 Å². The fourth-order valence-corrected chi connectivity index (χ4v) is 2.86. The average Bonchev–Trinajstić information content (AvgIpc) is 3.34. The Morgan fingerprint density at radius 3 is 2.28 bits per heavy atom. The smallest absolute Gasteiger partial charge is 0.181 e. The average molecular weight is 333 g/mol. The molecule has 0 aliphatic heterocycles. The molecule has 1 aromatic carbocycles. The Kier molecular flexibility index (Phi) is 3.89. The fourth-order valence-electron chi connectivity index (χ4n) is 2.86. The first kappa shape index (κ1) is 15.3. The molecule has 0 saturated carbocycles. The molecule has 25 heavy (non-hydrogen) atoms. The molecule has 0 spiro atoms. The minimum atomic E-state index is 0.724. The third-order valence-electron chi connectivity index (χ3n) is 4.25. The van der Waals surface area contributed by atoms with Crippen LogP contribution in [0.1, 0.15) is 11.5 Å². The Morgan fingerprint density at radius 2 is 1.60 bits per heavy atom. The maximum Gasteiger partial charge on any atom is 0.181 e. The summed E-state index contributed by atoms with van der Waals surface area (Å²) in [5.74, 6) is 2.53. The van der Waals surface area contributed by atoms with Gasteiger partial charge in [0.2, 0.25) is 0 Å². The van der Waals surface area contributed by atoms with E-state index < -0.39 is 0 Å². The number of aromatic nitrogens is 7. The quantitative estimate of drug-likeness (QED) is 0.561. The van der Waals surface area contributed by atoms with Crippen LogP contribution < -0.4 is 0 Å². The Balaban J connectivity index is 1.72. The molecule has 3 aromatic heterocycles. The molecule has 4 rings (SSSR count). The highest BCUT2D eigenvalue weighted by atomic mass is 15.4. The van der Waals surface area contributed by atoms with Crippen LogP contribution in [0.15, 0.2) is 54.9 Å². The van der Waals surface area contributed by atoms with Gasteiger partial charge in [-0.15, -0.1) is 5.10 Å². The molecular weight excluding hydrogens is 314 g/mol.